The second-order valence-corrected chi connectivity index (χ2v) is 10.9. The van der Waals surface area contributed by atoms with E-state index in [2.05, 4.69) is 11.4 Å². The number of rotatable bonds is 6. The monoisotopic (exact) mass is 522 g/mol. The molecule has 0 bridgehead atoms. The van der Waals surface area contributed by atoms with Crippen LogP contribution in [0.15, 0.2) is 35.8 Å². The molecular weight excluding hydrogens is 488 g/mol. The predicted molar refractivity (Wildman–Crippen MR) is 132 cm³/mol. The van der Waals surface area contributed by atoms with Gasteiger partial charge in [-0.25, -0.2) is 0 Å². The van der Waals surface area contributed by atoms with Crippen LogP contribution >= 0.6 is 0 Å². The van der Waals surface area contributed by atoms with E-state index in [1.54, 1.807) is 0 Å². The van der Waals surface area contributed by atoms with Gasteiger partial charge in [-0.05, 0) is 89.5 Å². The molecule has 2 amide bonds. The lowest BCUT2D eigenvalue weighted by molar-refractivity contribution is -0.140. The van der Waals surface area contributed by atoms with Crippen molar-refractivity contribution in [3.8, 4) is 5.75 Å². The summed E-state index contributed by atoms with van der Waals surface area (Å²) in [4.78, 5) is 27.3. The number of hydrogen-bond acceptors (Lipinski definition) is 5. The Bertz CT molecular complexity index is 1030. The lowest BCUT2D eigenvalue weighted by Gasteiger charge is -2.32. The van der Waals surface area contributed by atoms with E-state index < -0.39 is 29.0 Å². The van der Waals surface area contributed by atoms with Crippen LogP contribution in [-0.2, 0) is 25.1 Å². The summed E-state index contributed by atoms with van der Waals surface area (Å²) in [5.41, 5.74) is -0.512. The van der Waals surface area contributed by atoms with Gasteiger partial charge in [0.25, 0.3) is 5.91 Å². The van der Waals surface area contributed by atoms with Gasteiger partial charge >= 0.3 is 13.3 Å². The molecule has 1 N–H and O–H groups in total. The third-order valence-corrected chi connectivity index (χ3v) is 7.77. The standard InChI is InChI=1S/C26H34BF3N2O5/c1-24(2)25(3,4)37-27(36-24)18-9-11-19(12-10-18)31-23(34)21-6-5-15-32(21)22(33)16-35-20-13-7-17(8-14-20)26(28,29)30/h7-9,13-14,19,21H,5-6,10-12,15-16H2,1-4H3,(H,31,34)/t19?,21-/m1/s1. The summed E-state index contributed by atoms with van der Waals surface area (Å²) >= 11 is 0. The Hall–Kier alpha value is -2.53. The third kappa shape index (κ3) is 6.14. The summed E-state index contributed by atoms with van der Waals surface area (Å²) in [6.07, 6.45) is 1.04. The van der Waals surface area contributed by atoms with Crippen LogP contribution in [0.1, 0.15) is 65.4 Å². The van der Waals surface area contributed by atoms with E-state index >= 15 is 0 Å². The van der Waals surface area contributed by atoms with Crippen molar-refractivity contribution in [3.63, 3.8) is 0 Å². The molecule has 1 aliphatic carbocycles. The molecule has 11 heteroatoms. The smallest absolute Gasteiger partial charge is 0.484 e. The maximum atomic E-state index is 13.0. The molecule has 0 radical (unpaired) electrons. The highest BCUT2D eigenvalue weighted by Gasteiger charge is 2.52. The lowest BCUT2D eigenvalue weighted by atomic mass is 9.72. The van der Waals surface area contributed by atoms with E-state index in [0.29, 0.717) is 25.8 Å². The molecule has 0 saturated carbocycles. The number of hydrogen-bond donors (Lipinski definition) is 1. The van der Waals surface area contributed by atoms with E-state index in [-0.39, 0.29) is 37.3 Å². The number of nitrogens with one attached hydrogen (secondary N) is 1. The Balaban J connectivity index is 1.27. The van der Waals surface area contributed by atoms with Gasteiger partial charge in [0.1, 0.15) is 11.8 Å². The number of carbonyl (C=O) groups excluding carboxylic acids is 2. The van der Waals surface area contributed by atoms with E-state index in [0.717, 1.165) is 30.4 Å². The van der Waals surface area contributed by atoms with Gasteiger partial charge < -0.3 is 24.3 Å². The number of likely N-dealkylation sites (tertiary alicyclic amines) is 1. The first-order chi connectivity index (χ1) is 17.3. The molecule has 1 unspecified atom stereocenters. The van der Waals surface area contributed by atoms with Gasteiger partial charge in [0, 0.05) is 12.6 Å². The largest absolute Gasteiger partial charge is 0.490 e. The van der Waals surface area contributed by atoms with Gasteiger partial charge in [-0.1, -0.05) is 6.08 Å². The summed E-state index contributed by atoms with van der Waals surface area (Å²) in [5, 5.41) is 3.08. The maximum Gasteiger partial charge on any atom is 0.490 e. The Morgan fingerprint density at radius 3 is 2.32 bits per heavy atom. The van der Waals surface area contributed by atoms with Gasteiger partial charge in [0.05, 0.1) is 16.8 Å². The zero-order valence-electron chi connectivity index (χ0n) is 21.7. The first kappa shape index (κ1) is 27.5. The molecule has 2 heterocycles. The second-order valence-electron chi connectivity index (χ2n) is 10.9. The van der Waals surface area contributed by atoms with Gasteiger partial charge in [-0.3, -0.25) is 9.59 Å². The molecule has 7 nitrogen and oxygen atoms in total. The number of carbonyl (C=O) groups is 2. The van der Waals surface area contributed by atoms with Crippen LogP contribution < -0.4 is 10.1 Å². The number of amides is 2. The molecule has 202 valence electrons. The topological polar surface area (TPSA) is 77.1 Å². The number of benzene rings is 1. The number of ether oxygens (including phenoxy) is 1. The van der Waals surface area contributed by atoms with Crippen molar-refractivity contribution >= 4 is 18.9 Å². The molecule has 0 aromatic heterocycles. The average Bonchev–Trinajstić information content (AvgIpc) is 3.40. The predicted octanol–water partition coefficient (Wildman–Crippen LogP) is 4.30. The summed E-state index contributed by atoms with van der Waals surface area (Å²) in [6, 6.07) is 3.54. The number of nitrogens with zero attached hydrogens (tertiary/aromatic N) is 1. The highest BCUT2D eigenvalue weighted by atomic mass is 19.4. The van der Waals surface area contributed by atoms with E-state index in [9.17, 15) is 22.8 Å². The molecule has 0 spiro atoms. The van der Waals surface area contributed by atoms with Crippen molar-refractivity contribution < 1.29 is 36.8 Å². The second kappa shape index (κ2) is 10.3. The highest BCUT2D eigenvalue weighted by Crippen LogP contribution is 2.40. The quantitative estimate of drug-likeness (QED) is 0.564. The van der Waals surface area contributed by atoms with Crippen molar-refractivity contribution in [1.82, 2.24) is 10.2 Å². The fraction of sp³-hybridized carbons (Fsp3) is 0.615. The number of alkyl halides is 3. The van der Waals surface area contributed by atoms with Crippen molar-refractivity contribution in [2.24, 2.45) is 0 Å². The van der Waals surface area contributed by atoms with Crippen molar-refractivity contribution in [1.29, 1.82) is 0 Å². The Morgan fingerprint density at radius 1 is 1.11 bits per heavy atom. The van der Waals surface area contributed by atoms with E-state index in [1.807, 2.05) is 27.7 Å². The van der Waals surface area contributed by atoms with Crippen LogP contribution in [0.4, 0.5) is 13.2 Å². The summed E-state index contributed by atoms with van der Waals surface area (Å²) in [5.74, 6) is -0.407. The molecule has 2 atom stereocenters. The summed E-state index contributed by atoms with van der Waals surface area (Å²) in [6.45, 7) is 8.15. The average molecular weight is 522 g/mol. The minimum atomic E-state index is -4.44. The first-order valence-corrected chi connectivity index (χ1v) is 12.7. The Morgan fingerprint density at radius 2 is 1.76 bits per heavy atom. The lowest BCUT2D eigenvalue weighted by Crippen LogP contribution is -2.50. The molecule has 2 aliphatic heterocycles. The van der Waals surface area contributed by atoms with Gasteiger partial charge in [0.2, 0.25) is 5.91 Å². The maximum absolute atomic E-state index is 13.0. The normalized spacial score (nSPS) is 25.1. The minimum absolute atomic E-state index is 0.0420. The van der Waals surface area contributed by atoms with Crippen LogP contribution in [0, 0.1) is 0 Å². The first-order valence-electron chi connectivity index (χ1n) is 12.7. The van der Waals surface area contributed by atoms with Gasteiger partial charge in [-0.2, -0.15) is 13.2 Å². The summed E-state index contributed by atoms with van der Waals surface area (Å²) < 4.78 is 55.8. The Labute approximate surface area is 215 Å². The molecule has 1 aromatic rings. The zero-order valence-corrected chi connectivity index (χ0v) is 21.7. The fourth-order valence-electron chi connectivity index (χ4n) is 4.80. The SMILES string of the molecule is CC1(C)OB(C2=CCC(NC(=O)[C@H]3CCCN3C(=O)COc3ccc(C(F)(F)F)cc3)CC2)OC1(C)C. The van der Waals surface area contributed by atoms with Gasteiger partial charge in [0.15, 0.2) is 6.61 Å². The molecule has 3 aliphatic rings. The van der Waals surface area contributed by atoms with E-state index in [4.69, 9.17) is 14.0 Å². The van der Waals surface area contributed by atoms with Crippen LogP contribution in [0.5, 0.6) is 5.75 Å². The molecule has 2 saturated heterocycles. The van der Waals surface area contributed by atoms with Crippen LogP contribution in [-0.4, -0.2) is 60.3 Å². The number of halogens is 3. The van der Waals surface area contributed by atoms with Crippen molar-refractivity contribution in [3.05, 3.63) is 41.4 Å². The Kier molecular flexibility index (Phi) is 7.68. The fourth-order valence-corrected chi connectivity index (χ4v) is 4.80. The van der Waals surface area contributed by atoms with Gasteiger partial charge in [-0.15, -0.1) is 0 Å². The molecule has 4 rings (SSSR count). The van der Waals surface area contributed by atoms with Crippen LogP contribution in [0.3, 0.4) is 0 Å². The van der Waals surface area contributed by atoms with Crippen molar-refractivity contribution in [2.75, 3.05) is 13.2 Å². The van der Waals surface area contributed by atoms with E-state index in [1.165, 1.54) is 17.0 Å². The molecular formula is C26H34BF3N2O5. The molecule has 1 aromatic carbocycles. The number of allylic oxidation sites excluding steroid dienone is 1. The minimum Gasteiger partial charge on any atom is -0.484 e. The summed E-state index contributed by atoms with van der Waals surface area (Å²) in [7, 11) is -0.380. The third-order valence-electron chi connectivity index (χ3n) is 7.77. The van der Waals surface area contributed by atoms with Crippen molar-refractivity contribution in [2.45, 2.75) is 89.3 Å². The zero-order chi connectivity index (χ0) is 27.0. The van der Waals surface area contributed by atoms with Crippen LogP contribution in [0.25, 0.3) is 0 Å². The molecule has 2 fully saturated rings. The van der Waals surface area contributed by atoms with Crippen LogP contribution in [0.2, 0.25) is 0 Å². The highest BCUT2D eigenvalue weighted by molar-refractivity contribution is 6.54. The molecule has 37 heavy (non-hydrogen) atoms.